The van der Waals surface area contributed by atoms with Crippen molar-refractivity contribution in [1.82, 2.24) is 4.98 Å². The van der Waals surface area contributed by atoms with Gasteiger partial charge in [-0.1, -0.05) is 0 Å². The van der Waals surface area contributed by atoms with E-state index < -0.39 is 6.10 Å². The highest BCUT2D eigenvalue weighted by Gasteiger charge is 2.23. The van der Waals surface area contributed by atoms with Crippen molar-refractivity contribution in [1.29, 1.82) is 0 Å². The number of aliphatic hydroxyl groups excluding tert-OH is 2. The molecule has 1 aliphatic rings. The zero-order chi connectivity index (χ0) is 12.3. The zero-order valence-electron chi connectivity index (χ0n) is 10.2. The fourth-order valence-electron chi connectivity index (χ4n) is 2.33. The fourth-order valence-corrected chi connectivity index (χ4v) is 2.33. The molecule has 0 aliphatic carbocycles. The molecule has 1 fully saturated rings. The van der Waals surface area contributed by atoms with Gasteiger partial charge in [-0.2, -0.15) is 0 Å². The van der Waals surface area contributed by atoms with Crippen LogP contribution >= 0.6 is 0 Å². The molecule has 2 N–H and O–H groups in total. The number of pyridine rings is 1. The third kappa shape index (κ3) is 2.96. The third-order valence-electron chi connectivity index (χ3n) is 3.40. The van der Waals surface area contributed by atoms with Gasteiger partial charge < -0.3 is 15.1 Å². The average Bonchev–Trinajstić information content (AvgIpc) is 2.78. The second kappa shape index (κ2) is 5.47. The van der Waals surface area contributed by atoms with Crippen LogP contribution in [-0.2, 0) is 0 Å². The highest BCUT2D eigenvalue weighted by Crippen LogP contribution is 2.25. The Hall–Kier alpha value is -1.13. The molecule has 2 atom stereocenters. The Morgan fingerprint density at radius 1 is 1.59 bits per heavy atom. The first kappa shape index (κ1) is 12.3. The largest absolute Gasteiger partial charge is 0.396 e. The van der Waals surface area contributed by atoms with Crippen LogP contribution in [0.4, 0.5) is 5.82 Å². The molecule has 1 aromatic rings. The first-order chi connectivity index (χ1) is 8.20. The van der Waals surface area contributed by atoms with E-state index in [1.54, 1.807) is 13.1 Å². The molecule has 0 bridgehead atoms. The van der Waals surface area contributed by atoms with Crippen LogP contribution in [0.15, 0.2) is 18.3 Å². The lowest BCUT2D eigenvalue weighted by Crippen LogP contribution is -2.21. The molecular formula is C13H20N2O2. The molecule has 0 aromatic carbocycles. The Morgan fingerprint density at radius 3 is 3.12 bits per heavy atom. The number of aromatic nitrogens is 1. The van der Waals surface area contributed by atoms with Crippen molar-refractivity contribution in [3.63, 3.8) is 0 Å². The highest BCUT2D eigenvalue weighted by atomic mass is 16.3. The van der Waals surface area contributed by atoms with Gasteiger partial charge in [-0.05, 0) is 43.4 Å². The summed E-state index contributed by atoms with van der Waals surface area (Å²) >= 11 is 0. The molecule has 4 heteroatoms. The minimum Gasteiger partial charge on any atom is -0.396 e. The van der Waals surface area contributed by atoms with E-state index in [0.29, 0.717) is 5.92 Å². The van der Waals surface area contributed by atoms with Gasteiger partial charge in [0.05, 0.1) is 6.10 Å². The van der Waals surface area contributed by atoms with E-state index in [1.165, 1.54) is 0 Å². The lowest BCUT2D eigenvalue weighted by molar-refractivity contribution is 0.199. The van der Waals surface area contributed by atoms with Crippen LogP contribution in [0.3, 0.4) is 0 Å². The topological polar surface area (TPSA) is 56.6 Å². The number of rotatable bonds is 4. The van der Waals surface area contributed by atoms with Crippen LogP contribution in [0, 0.1) is 5.92 Å². The molecular weight excluding hydrogens is 216 g/mol. The maximum Gasteiger partial charge on any atom is 0.128 e. The summed E-state index contributed by atoms with van der Waals surface area (Å²) in [4.78, 5) is 6.58. The van der Waals surface area contributed by atoms with Crippen molar-refractivity contribution in [3.05, 3.63) is 23.9 Å². The predicted molar refractivity (Wildman–Crippen MR) is 66.9 cm³/mol. The van der Waals surface area contributed by atoms with Gasteiger partial charge in [-0.3, -0.25) is 0 Å². The van der Waals surface area contributed by atoms with Crippen molar-refractivity contribution in [2.24, 2.45) is 5.92 Å². The van der Waals surface area contributed by atoms with E-state index in [1.807, 2.05) is 12.1 Å². The minimum absolute atomic E-state index is 0.264. The van der Waals surface area contributed by atoms with E-state index >= 15 is 0 Å². The Kier molecular flexibility index (Phi) is 3.97. The summed E-state index contributed by atoms with van der Waals surface area (Å²) in [7, 11) is 0. The summed E-state index contributed by atoms with van der Waals surface area (Å²) in [5, 5.41) is 18.5. The van der Waals surface area contributed by atoms with E-state index in [-0.39, 0.29) is 6.61 Å². The lowest BCUT2D eigenvalue weighted by Gasteiger charge is -2.18. The summed E-state index contributed by atoms with van der Waals surface area (Å²) < 4.78 is 0. The molecule has 0 spiro atoms. The number of anilines is 1. The molecule has 0 radical (unpaired) electrons. The van der Waals surface area contributed by atoms with E-state index in [4.69, 9.17) is 5.11 Å². The first-order valence-corrected chi connectivity index (χ1v) is 6.20. The van der Waals surface area contributed by atoms with Crippen molar-refractivity contribution < 1.29 is 10.2 Å². The van der Waals surface area contributed by atoms with Gasteiger partial charge in [0.15, 0.2) is 0 Å². The summed E-state index contributed by atoms with van der Waals surface area (Å²) in [6.45, 7) is 3.97. The SMILES string of the molecule is C[C@@H](O)c1ccnc(N2CCC(CCO)C2)c1. The third-order valence-corrected chi connectivity index (χ3v) is 3.40. The van der Waals surface area contributed by atoms with Gasteiger partial charge in [0.1, 0.15) is 5.82 Å². The van der Waals surface area contributed by atoms with Crippen LogP contribution in [0.1, 0.15) is 31.4 Å². The van der Waals surface area contributed by atoms with Crippen molar-refractivity contribution in [2.75, 3.05) is 24.6 Å². The second-order valence-electron chi connectivity index (χ2n) is 4.74. The molecule has 94 valence electrons. The molecule has 1 aromatic heterocycles. The normalized spacial score (nSPS) is 21.8. The molecule has 2 rings (SSSR count). The van der Waals surface area contributed by atoms with Crippen molar-refractivity contribution in [2.45, 2.75) is 25.9 Å². The van der Waals surface area contributed by atoms with Crippen LogP contribution in [-0.4, -0.2) is 34.9 Å². The van der Waals surface area contributed by atoms with Gasteiger partial charge in [0.2, 0.25) is 0 Å². The summed E-state index contributed by atoms with van der Waals surface area (Å²) in [6.07, 6.45) is 3.28. The molecule has 2 heterocycles. The van der Waals surface area contributed by atoms with Crippen molar-refractivity contribution >= 4 is 5.82 Å². The number of hydrogen-bond acceptors (Lipinski definition) is 4. The van der Waals surface area contributed by atoms with E-state index in [9.17, 15) is 5.11 Å². The van der Waals surface area contributed by atoms with Gasteiger partial charge >= 0.3 is 0 Å². The Balaban J connectivity index is 2.05. The van der Waals surface area contributed by atoms with Crippen molar-refractivity contribution in [3.8, 4) is 0 Å². The van der Waals surface area contributed by atoms with Gasteiger partial charge in [0.25, 0.3) is 0 Å². The van der Waals surface area contributed by atoms with Crippen LogP contribution < -0.4 is 4.90 Å². The Morgan fingerprint density at radius 2 is 2.41 bits per heavy atom. The quantitative estimate of drug-likeness (QED) is 0.828. The number of aliphatic hydroxyl groups is 2. The lowest BCUT2D eigenvalue weighted by atomic mass is 10.1. The highest BCUT2D eigenvalue weighted by molar-refractivity contribution is 5.42. The molecule has 0 amide bonds. The van der Waals surface area contributed by atoms with Crippen LogP contribution in [0.2, 0.25) is 0 Å². The summed E-state index contributed by atoms with van der Waals surface area (Å²) in [5.41, 5.74) is 0.903. The number of hydrogen-bond donors (Lipinski definition) is 2. The molecule has 4 nitrogen and oxygen atoms in total. The first-order valence-electron chi connectivity index (χ1n) is 6.20. The predicted octanol–water partition coefficient (Wildman–Crippen LogP) is 1.34. The number of nitrogens with zero attached hydrogens (tertiary/aromatic N) is 2. The van der Waals surface area contributed by atoms with E-state index in [0.717, 1.165) is 37.3 Å². The zero-order valence-corrected chi connectivity index (χ0v) is 10.2. The van der Waals surface area contributed by atoms with Gasteiger partial charge in [0, 0.05) is 25.9 Å². The van der Waals surface area contributed by atoms with Gasteiger partial charge in [-0.15, -0.1) is 0 Å². The van der Waals surface area contributed by atoms with Gasteiger partial charge in [-0.25, -0.2) is 4.98 Å². The molecule has 1 saturated heterocycles. The monoisotopic (exact) mass is 236 g/mol. The average molecular weight is 236 g/mol. The van der Waals surface area contributed by atoms with Crippen LogP contribution in [0.25, 0.3) is 0 Å². The smallest absolute Gasteiger partial charge is 0.128 e. The molecule has 0 saturated carbocycles. The maximum absolute atomic E-state index is 9.55. The standard InChI is InChI=1S/C13H20N2O2/c1-10(17)12-2-5-14-13(8-12)15-6-3-11(9-15)4-7-16/h2,5,8,10-11,16-17H,3-4,6-7,9H2,1H3/t10-,11?/m1/s1. The molecule has 1 aliphatic heterocycles. The van der Waals surface area contributed by atoms with E-state index in [2.05, 4.69) is 9.88 Å². The Bertz CT molecular complexity index is 368. The fraction of sp³-hybridized carbons (Fsp3) is 0.615. The maximum atomic E-state index is 9.55. The molecule has 17 heavy (non-hydrogen) atoms. The summed E-state index contributed by atoms with van der Waals surface area (Å²) in [5.74, 6) is 1.50. The summed E-state index contributed by atoms with van der Waals surface area (Å²) in [6, 6.07) is 3.79. The second-order valence-corrected chi connectivity index (χ2v) is 4.74. The van der Waals surface area contributed by atoms with Crippen LogP contribution in [0.5, 0.6) is 0 Å². The Labute approximate surface area is 102 Å². The minimum atomic E-state index is -0.451. The molecule has 1 unspecified atom stereocenters.